The van der Waals surface area contributed by atoms with Gasteiger partial charge in [-0.25, -0.2) is 4.79 Å². The third-order valence-electron chi connectivity index (χ3n) is 4.45. The SMILES string of the molecule is O=C(O)[C@@H]1CCCCN1C(=O)C1CCNc2ccccc21. The average Bonchev–Trinajstić information content (AvgIpc) is 2.53. The van der Waals surface area contributed by atoms with E-state index in [-0.39, 0.29) is 11.8 Å². The molecule has 112 valence electrons. The zero-order chi connectivity index (χ0) is 14.8. The molecule has 2 aliphatic rings. The van der Waals surface area contributed by atoms with Crippen LogP contribution in [0.15, 0.2) is 24.3 Å². The normalized spacial score (nSPS) is 24.9. The van der Waals surface area contributed by atoms with Crippen molar-refractivity contribution < 1.29 is 14.7 Å². The van der Waals surface area contributed by atoms with Crippen molar-refractivity contribution in [3.63, 3.8) is 0 Å². The highest BCUT2D eigenvalue weighted by Crippen LogP contribution is 2.34. The zero-order valence-electron chi connectivity index (χ0n) is 11.9. The highest BCUT2D eigenvalue weighted by Gasteiger charge is 2.37. The summed E-state index contributed by atoms with van der Waals surface area (Å²) in [5.41, 5.74) is 1.98. The molecule has 1 saturated heterocycles. The Balaban J connectivity index is 1.86. The molecule has 2 N–H and O–H groups in total. The highest BCUT2D eigenvalue weighted by atomic mass is 16.4. The number of carboxylic acids is 1. The Morgan fingerprint density at radius 3 is 2.81 bits per heavy atom. The number of anilines is 1. The molecule has 21 heavy (non-hydrogen) atoms. The number of likely N-dealkylation sites (tertiary alicyclic amines) is 1. The number of nitrogens with zero attached hydrogens (tertiary/aromatic N) is 1. The van der Waals surface area contributed by atoms with Crippen LogP contribution >= 0.6 is 0 Å². The van der Waals surface area contributed by atoms with E-state index in [0.717, 1.165) is 37.1 Å². The zero-order valence-corrected chi connectivity index (χ0v) is 11.9. The molecule has 0 bridgehead atoms. The lowest BCUT2D eigenvalue weighted by atomic mass is 9.88. The summed E-state index contributed by atoms with van der Waals surface area (Å²) in [6.07, 6.45) is 3.05. The Kier molecular flexibility index (Phi) is 3.82. The number of fused-ring (bicyclic) bond motifs is 1. The Bertz CT molecular complexity index is 558. The minimum absolute atomic E-state index is 0.0314. The quantitative estimate of drug-likeness (QED) is 0.874. The number of carbonyl (C=O) groups excluding carboxylic acids is 1. The van der Waals surface area contributed by atoms with Crippen LogP contribution in [0.2, 0.25) is 0 Å². The van der Waals surface area contributed by atoms with Crippen molar-refractivity contribution in [2.75, 3.05) is 18.4 Å². The van der Waals surface area contributed by atoms with Crippen LogP contribution in [-0.2, 0) is 9.59 Å². The molecule has 2 atom stereocenters. The molecule has 0 aromatic heterocycles. The average molecular weight is 288 g/mol. The number of para-hydroxylation sites is 1. The van der Waals surface area contributed by atoms with Gasteiger partial charge in [-0.05, 0) is 37.3 Å². The van der Waals surface area contributed by atoms with E-state index in [2.05, 4.69) is 5.32 Å². The van der Waals surface area contributed by atoms with Crippen molar-refractivity contribution in [2.45, 2.75) is 37.6 Å². The fraction of sp³-hybridized carbons (Fsp3) is 0.500. The number of hydrogen-bond acceptors (Lipinski definition) is 3. The minimum atomic E-state index is -0.884. The molecule has 0 saturated carbocycles. The van der Waals surface area contributed by atoms with Gasteiger partial charge in [0.05, 0.1) is 5.92 Å². The first-order valence-electron chi connectivity index (χ1n) is 7.54. The van der Waals surface area contributed by atoms with E-state index < -0.39 is 12.0 Å². The van der Waals surface area contributed by atoms with Crippen LogP contribution < -0.4 is 5.32 Å². The van der Waals surface area contributed by atoms with Crippen molar-refractivity contribution >= 4 is 17.6 Å². The summed E-state index contributed by atoms with van der Waals surface area (Å²) in [6.45, 7) is 1.31. The molecule has 0 spiro atoms. The lowest BCUT2D eigenvalue weighted by Crippen LogP contribution is -2.50. The molecule has 5 nitrogen and oxygen atoms in total. The van der Waals surface area contributed by atoms with E-state index in [1.54, 1.807) is 4.90 Å². The predicted octanol–water partition coefficient (Wildman–Crippen LogP) is 2.05. The third kappa shape index (κ3) is 2.60. The maximum absolute atomic E-state index is 12.9. The van der Waals surface area contributed by atoms with Crippen molar-refractivity contribution in [3.05, 3.63) is 29.8 Å². The monoisotopic (exact) mass is 288 g/mol. The third-order valence-corrected chi connectivity index (χ3v) is 4.45. The smallest absolute Gasteiger partial charge is 0.326 e. The second kappa shape index (κ2) is 5.76. The summed E-state index contributed by atoms with van der Waals surface area (Å²) in [6, 6.07) is 7.15. The molecule has 1 fully saturated rings. The molecule has 1 aromatic carbocycles. The van der Waals surface area contributed by atoms with Gasteiger partial charge in [0.25, 0.3) is 0 Å². The van der Waals surface area contributed by atoms with E-state index in [4.69, 9.17) is 0 Å². The molecular weight excluding hydrogens is 268 g/mol. The van der Waals surface area contributed by atoms with E-state index in [9.17, 15) is 14.7 Å². The summed E-state index contributed by atoms with van der Waals surface area (Å²) in [7, 11) is 0. The van der Waals surface area contributed by atoms with Gasteiger partial charge in [0.15, 0.2) is 0 Å². The van der Waals surface area contributed by atoms with Gasteiger partial charge in [-0.15, -0.1) is 0 Å². The van der Waals surface area contributed by atoms with Gasteiger partial charge in [-0.3, -0.25) is 4.79 Å². The first-order chi connectivity index (χ1) is 10.2. The Morgan fingerprint density at radius 1 is 1.19 bits per heavy atom. The fourth-order valence-corrected chi connectivity index (χ4v) is 3.38. The van der Waals surface area contributed by atoms with Gasteiger partial charge in [0.1, 0.15) is 6.04 Å². The largest absolute Gasteiger partial charge is 0.480 e. The van der Waals surface area contributed by atoms with Gasteiger partial charge in [-0.1, -0.05) is 18.2 Å². The van der Waals surface area contributed by atoms with E-state index >= 15 is 0 Å². The second-order valence-corrected chi connectivity index (χ2v) is 5.74. The molecule has 2 aliphatic heterocycles. The summed E-state index contributed by atoms with van der Waals surface area (Å²) < 4.78 is 0. The molecule has 2 heterocycles. The van der Waals surface area contributed by atoms with Crippen LogP contribution in [-0.4, -0.2) is 41.0 Å². The van der Waals surface area contributed by atoms with Crippen LogP contribution in [0.4, 0.5) is 5.69 Å². The molecule has 0 radical (unpaired) electrons. The molecule has 1 amide bonds. The van der Waals surface area contributed by atoms with E-state index in [1.807, 2.05) is 24.3 Å². The van der Waals surface area contributed by atoms with Crippen molar-refractivity contribution in [1.29, 1.82) is 0 Å². The standard InChI is InChI=1S/C16H20N2O3/c19-15(18-10-4-3-7-14(18)16(20)21)12-8-9-17-13-6-2-1-5-11(12)13/h1-2,5-6,12,14,17H,3-4,7-10H2,(H,20,21)/t12?,14-/m0/s1. The summed E-state index contributed by atoms with van der Waals surface area (Å²) in [5, 5.41) is 12.6. The Morgan fingerprint density at radius 2 is 2.00 bits per heavy atom. The highest BCUT2D eigenvalue weighted by molar-refractivity contribution is 5.90. The van der Waals surface area contributed by atoms with Gasteiger partial charge >= 0.3 is 5.97 Å². The fourth-order valence-electron chi connectivity index (χ4n) is 3.38. The maximum atomic E-state index is 12.9. The molecule has 1 unspecified atom stereocenters. The molecule has 0 aliphatic carbocycles. The first-order valence-corrected chi connectivity index (χ1v) is 7.54. The second-order valence-electron chi connectivity index (χ2n) is 5.74. The molecular formula is C16H20N2O3. The summed E-state index contributed by atoms with van der Waals surface area (Å²) >= 11 is 0. The van der Waals surface area contributed by atoms with Crippen LogP contribution in [0, 0.1) is 0 Å². The van der Waals surface area contributed by atoms with Gasteiger partial charge in [0, 0.05) is 18.8 Å². The van der Waals surface area contributed by atoms with Gasteiger partial charge < -0.3 is 15.3 Å². The number of carbonyl (C=O) groups is 2. The van der Waals surface area contributed by atoms with E-state index in [1.165, 1.54) is 0 Å². The molecule has 5 heteroatoms. The minimum Gasteiger partial charge on any atom is -0.480 e. The Hall–Kier alpha value is -2.04. The van der Waals surface area contributed by atoms with Gasteiger partial charge in [-0.2, -0.15) is 0 Å². The Labute approximate surface area is 123 Å². The molecule has 3 rings (SSSR count). The summed E-state index contributed by atoms with van der Waals surface area (Å²) in [4.78, 5) is 25.8. The van der Waals surface area contributed by atoms with Crippen LogP contribution in [0.3, 0.4) is 0 Å². The van der Waals surface area contributed by atoms with Crippen molar-refractivity contribution in [3.8, 4) is 0 Å². The first kappa shape index (κ1) is 13.9. The number of carboxylic acid groups (broad SMARTS) is 1. The van der Waals surface area contributed by atoms with E-state index in [0.29, 0.717) is 13.0 Å². The number of rotatable bonds is 2. The lowest BCUT2D eigenvalue weighted by Gasteiger charge is -2.37. The van der Waals surface area contributed by atoms with Crippen molar-refractivity contribution in [2.24, 2.45) is 0 Å². The lowest BCUT2D eigenvalue weighted by molar-refractivity contribution is -0.152. The number of nitrogens with one attached hydrogen (secondary N) is 1. The maximum Gasteiger partial charge on any atom is 0.326 e. The number of amides is 1. The number of piperidine rings is 1. The molecule has 1 aromatic rings. The van der Waals surface area contributed by atoms with Crippen LogP contribution in [0.1, 0.15) is 37.2 Å². The topological polar surface area (TPSA) is 69.6 Å². The van der Waals surface area contributed by atoms with Crippen LogP contribution in [0.25, 0.3) is 0 Å². The number of aliphatic carboxylic acids is 1. The summed E-state index contributed by atoms with van der Waals surface area (Å²) in [5.74, 6) is -1.14. The van der Waals surface area contributed by atoms with Crippen LogP contribution in [0.5, 0.6) is 0 Å². The van der Waals surface area contributed by atoms with Crippen molar-refractivity contribution in [1.82, 2.24) is 4.90 Å². The predicted molar refractivity (Wildman–Crippen MR) is 79.3 cm³/mol. The van der Waals surface area contributed by atoms with Gasteiger partial charge in [0.2, 0.25) is 5.91 Å². The number of benzene rings is 1. The number of hydrogen-bond donors (Lipinski definition) is 2.